The molecular weight excluding hydrogens is 362 g/mol. The van der Waals surface area contributed by atoms with Gasteiger partial charge in [0.1, 0.15) is 17.2 Å². The summed E-state index contributed by atoms with van der Waals surface area (Å²) in [5, 5.41) is 13.2. The maximum atomic E-state index is 15.4. The number of fused-ring (bicyclic) bond motifs is 2. The number of pyridine rings is 1. The van der Waals surface area contributed by atoms with Crippen LogP contribution >= 0.6 is 0 Å². The molecule has 0 aliphatic heterocycles. The van der Waals surface area contributed by atoms with E-state index in [1.165, 1.54) is 6.20 Å². The second-order valence-corrected chi connectivity index (χ2v) is 10.4. The Kier molecular flexibility index (Phi) is 3.22. The lowest BCUT2D eigenvalue weighted by Crippen LogP contribution is -2.65. The van der Waals surface area contributed by atoms with Crippen LogP contribution in [0.3, 0.4) is 0 Å². The number of carbonyl (C=O) groups is 1. The van der Waals surface area contributed by atoms with Gasteiger partial charge in [-0.15, -0.1) is 0 Å². The van der Waals surface area contributed by atoms with E-state index in [2.05, 4.69) is 10.3 Å². The second kappa shape index (κ2) is 5.25. The number of nitrogens with zero attached hydrogens (tertiary/aromatic N) is 1. The number of rotatable bonds is 3. The zero-order chi connectivity index (χ0) is 19.3. The summed E-state index contributed by atoms with van der Waals surface area (Å²) < 4.78 is 30.7. The van der Waals surface area contributed by atoms with E-state index in [1.54, 1.807) is 0 Å². The van der Waals surface area contributed by atoms with Crippen LogP contribution in [0.15, 0.2) is 6.20 Å². The van der Waals surface area contributed by atoms with Crippen LogP contribution in [0.1, 0.15) is 97.5 Å². The Morgan fingerprint density at radius 3 is 2.18 bits per heavy atom. The second-order valence-electron chi connectivity index (χ2n) is 10.4. The van der Waals surface area contributed by atoms with Crippen molar-refractivity contribution in [1.82, 2.24) is 4.98 Å². The number of hydrogen-bond donors (Lipinski definition) is 2. The molecule has 2 atom stereocenters. The van der Waals surface area contributed by atoms with E-state index in [-0.39, 0.29) is 18.3 Å². The predicted octanol–water partition coefficient (Wildman–Crippen LogP) is 5.10. The summed E-state index contributed by atoms with van der Waals surface area (Å²) >= 11 is 0. The number of alkyl halides is 2. The van der Waals surface area contributed by atoms with Crippen LogP contribution in [-0.4, -0.2) is 32.9 Å². The van der Waals surface area contributed by atoms with E-state index in [9.17, 15) is 9.90 Å². The van der Waals surface area contributed by atoms with Gasteiger partial charge in [0.2, 0.25) is 0 Å². The maximum absolute atomic E-state index is 15.4. The van der Waals surface area contributed by atoms with Crippen LogP contribution in [-0.2, 0) is 0 Å². The summed E-state index contributed by atoms with van der Waals surface area (Å²) in [4.78, 5) is 16.3. The summed E-state index contributed by atoms with van der Waals surface area (Å²) in [6, 6.07) is 0. The van der Waals surface area contributed by atoms with Gasteiger partial charge >= 0.3 is 5.97 Å². The van der Waals surface area contributed by atoms with Gasteiger partial charge in [-0.25, -0.2) is 18.6 Å². The highest BCUT2D eigenvalue weighted by molar-refractivity contribution is 5.90. The van der Waals surface area contributed by atoms with Crippen LogP contribution < -0.4 is 5.32 Å². The van der Waals surface area contributed by atoms with Crippen LogP contribution in [0.4, 0.5) is 14.6 Å². The van der Waals surface area contributed by atoms with Crippen molar-refractivity contribution in [2.75, 3.05) is 5.32 Å². The van der Waals surface area contributed by atoms with E-state index in [0.717, 1.165) is 43.2 Å². The van der Waals surface area contributed by atoms with Gasteiger partial charge in [-0.1, -0.05) is 0 Å². The molecule has 1 aromatic rings. The smallest absolute Gasteiger partial charge is 0.337 e. The van der Waals surface area contributed by atoms with Gasteiger partial charge < -0.3 is 10.4 Å². The molecule has 2 N–H and O–H groups in total. The number of aromatic carboxylic acids is 1. The standard InChI is InChI=1S/C22H26F2N2O2/c23-20-5-12-6-21(24,9-20)11-22(7-12,10-20)26-18-17-14-3-1-13(2-4-14)16(17)15(8-25-18)19(27)28/h8,12-14H,1-7,9-11H2,(H,25,26)(H,27,28). The third-order valence-corrected chi connectivity index (χ3v) is 8.25. The van der Waals surface area contributed by atoms with E-state index < -0.39 is 22.8 Å². The number of halogens is 2. The summed E-state index contributed by atoms with van der Waals surface area (Å²) in [6.45, 7) is 0. The van der Waals surface area contributed by atoms with Crippen molar-refractivity contribution in [2.24, 2.45) is 5.92 Å². The molecule has 0 spiro atoms. The minimum atomic E-state index is -1.42. The number of carboxylic acids is 1. The Morgan fingerprint density at radius 1 is 1.00 bits per heavy atom. The maximum Gasteiger partial charge on any atom is 0.337 e. The third-order valence-electron chi connectivity index (χ3n) is 8.25. The number of aromatic nitrogens is 1. The van der Waals surface area contributed by atoms with Gasteiger partial charge in [0.05, 0.1) is 5.56 Å². The fourth-order valence-electron chi connectivity index (χ4n) is 7.93. The molecule has 5 saturated carbocycles. The zero-order valence-corrected chi connectivity index (χ0v) is 15.9. The molecule has 2 unspecified atom stereocenters. The van der Waals surface area contributed by atoms with Crippen molar-refractivity contribution in [3.63, 3.8) is 0 Å². The molecule has 8 rings (SSSR count). The third kappa shape index (κ3) is 2.32. The minimum absolute atomic E-state index is 0.0358. The van der Waals surface area contributed by atoms with Crippen LogP contribution in [0.5, 0.6) is 0 Å². The number of carboxylic acid groups (broad SMARTS) is 1. The normalized spacial score (nSPS) is 45.1. The molecule has 150 valence electrons. The molecule has 0 aromatic carbocycles. The molecule has 0 saturated heterocycles. The quantitative estimate of drug-likeness (QED) is 0.756. The highest BCUT2D eigenvalue weighted by atomic mass is 19.2. The number of hydrogen-bond acceptors (Lipinski definition) is 3. The number of anilines is 1. The first-order valence-corrected chi connectivity index (χ1v) is 10.7. The summed E-state index contributed by atoms with van der Waals surface area (Å²) in [6.07, 6.45) is 8.07. The Labute approximate surface area is 163 Å². The van der Waals surface area contributed by atoms with E-state index in [4.69, 9.17) is 0 Å². The molecule has 6 bridgehead atoms. The SMILES string of the molecule is O=C(O)c1cnc(NC23CC4CC(F)(CC(F)(C4)C2)C3)c2c1C1CCC2CC1. The molecule has 7 aliphatic rings. The molecule has 1 aromatic heterocycles. The van der Waals surface area contributed by atoms with Crippen molar-refractivity contribution in [1.29, 1.82) is 0 Å². The molecule has 0 radical (unpaired) electrons. The first-order chi connectivity index (χ1) is 13.3. The summed E-state index contributed by atoms with van der Waals surface area (Å²) in [5.41, 5.74) is -1.15. The van der Waals surface area contributed by atoms with E-state index >= 15 is 8.78 Å². The zero-order valence-electron chi connectivity index (χ0n) is 15.9. The molecular formula is C22H26F2N2O2. The van der Waals surface area contributed by atoms with Gasteiger partial charge in [-0.2, -0.15) is 0 Å². The van der Waals surface area contributed by atoms with Crippen molar-refractivity contribution in [3.8, 4) is 0 Å². The van der Waals surface area contributed by atoms with Crippen LogP contribution in [0.25, 0.3) is 0 Å². The monoisotopic (exact) mass is 388 g/mol. The van der Waals surface area contributed by atoms with Crippen molar-refractivity contribution in [2.45, 2.75) is 92.9 Å². The lowest BCUT2D eigenvalue weighted by molar-refractivity contribution is -0.137. The van der Waals surface area contributed by atoms with Gasteiger partial charge in [0, 0.05) is 36.6 Å². The first-order valence-electron chi connectivity index (χ1n) is 10.7. The molecule has 5 fully saturated rings. The summed E-state index contributed by atoms with van der Waals surface area (Å²) in [5.74, 6) is 0.434. The molecule has 4 nitrogen and oxygen atoms in total. The van der Waals surface area contributed by atoms with Crippen molar-refractivity contribution in [3.05, 3.63) is 22.9 Å². The summed E-state index contributed by atoms with van der Waals surface area (Å²) in [7, 11) is 0. The average molecular weight is 388 g/mol. The minimum Gasteiger partial charge on any atom is -0.478 e. The molecule has 28 heavy (non-hydrogen) atoms. The van der Waals surface area contributed by atoms with Gasteiger partial charge in [-0.05, 0) is 68.3 Å². The fourth-order valence-corrected chi connectivity index (χ4v) is 7.93. The van der Waals surface area contributed by atoms with Gasteiger partial charge in [-0.3, -0.25) is 0 Å². The predicted molar refractivity (Wildman–Crippen MR) is 100 cm³/mol. The van der Waals surface area contributed by atoms with E-state index in [1.807, 2.05) is 0 Å². The Balaban J connectivity index is 1.44. The molecule has 6 heteroatoms. The van der Waals surface area contributed by atoms with Crippen LogP contribution in [0, 0.1) is 5.92 Å². The molecule has 0 amide bonds. The average Bonchev–Trinajstić information content (AvgIpc) is 2.59. The topological polar surface area (TPSA) is 62.2 Å². The van der Waals surface area contributed by atoms with Gasteiger partial charge in [0.25, 0.3) is 0 Å². The Hall–Kier alpha value is -1.72. The highest BCUT2D eigenvalue weighted by Crippen LogP contribution is 2.63. The fraction of sp³-hybridized carbons (Fsp3) is 0.727. The van der Waals surface area contributed by atoms with E-state index in [0.29, 0.717) is 43.0 Å². The van der Waals surface area contributed by atoms with Gasteiger partial charge in [0.15, 0.2) is 0 Å². The van der Waals surface area contributed by atoms with Crippen molar-refractivity contribution >= 4 is 11.8 Å². The Bertz CT molecular complexity index is 862. The Morgan fingerprint density at radius 2 is 1.61 bits per heavy atom. The largest absolute Gasteiger partial charge is 0.478 e. The number of nitrogens with one attached hydrogen (secondary N) is 1. The molecule has 1 heterocycles. The lowest BCUT2D eigenvalue weighted by atomic mass is 9.50. The first kappa shape index (κ1) is 17.2. The lowest BCUT2D eigenvalue weighted by Gasteiger charge is -2.61. The molecule has 7 aliphatic carbocycles. The van der Waals surface area contributed by atoms with Crippen molar-refractivity contribution < 1.29 is 18.7 Å². The van der Waals surface area contributed by atoms with Crippen LogP contribution in [0.2, 0.25) is 0 Å². The highest BCUT2D eigenvalue weighted by Gasteiger charge is 2.65.